The Balaban J connectivity index is 0.000000322. The third-order valence-corrected chi connectivity index (χ3v) is 7.25. The molecule has 1 aliphatic heterocycles. The second-order valence-electron chi connectivity index (χ2n) is 10.2. The maximum Gasteiger partial charge on any atom is 0.237 e. The largest absolute Gasteiger partial charge is 0.497 e. The number of aromatic amines is 1. The van der Waals surface area contributed by atoms with Crippen LogP contribution in [0.2, 0.25) is 0 Å². The molecule has 0 aliphatic carbocycles. The molecule has 4 aromatic rings. The number of aromatic nitrogens is 1. The average Bonchev–Trinajstić information content (AvgIpc) is 3.69. The van der Waals surface area contributed by atoms with Crippen LogP contribution in [-0.2, 0) is 17.8 Å². The molecule has 41 heavy (non-hydrogen) atoms. The lowest BCUT2D eigenvalue weighted by Gasteiger charge is -2.26. The lowest BCUT2D eigenvalue weighted by molar-refractivity contribution is -0.122. The number of aryl methyl sites for hydroxylation is 2. The first-order valence-electron chi connectivity index (χ1n) is 14.1. The minimum absolute atomic E-state index is 0.0811. The normalized spacial score (nSPS) is 14.1. The molecular formula is C33H40N6O2. The molecule has 1 atom stereocenters. The Morgan fingerprint density at radius 2 is 1.71 bits per heavy atom. The highest BCUT2D eigenvalue weighted by Crippen LogP contribution is 2.16. The molecule has 1 amide bonds. The van der Waals surface area contributed by atoms with Gasteiger partial charge < -0.3 is 25.3 Å². The van der Waals surface area contributed by atoms with E-state index >= 15 is 0 Å². The summed E-state index contributed by atoms with van der Waals surface area (Å²) in [5.74, 6) is 1.25. The molecule has 8 heteroatoms. The first kappa shape index (κ1) is 29.6. The van der Waals surface area contributed by atoms with E-state index in [0.717, 1.165) is 42.7 Å². The number of benzene rings is 3. The number of ether oxygens (including phenoxy) is 1. The molecule has 1 saturated heterocycles. The van der Waals surface area contributed by atoms with Crippen LogP contribution >= 0.6 is 0 Å². The number of H-pyrrole nitrogens is 1. The van der Waals surface area contributed by atoms with E-state index in [4.69, 9.17) is 15.6 Å². The monoisotopic (exact) mass is 552 g/mol. The van der Waals surface area contributed by atoms with Crippen molar-refractivity contribution in [2.45, 2.75) is 45.2 Å². The predicted molar refractivity (Wildman–Crippen MR) is 166 cm³/mol. The molecule has 2 heterocycles. The molecule has 0 spiro atoms. The fourth-order valence-corrected chi connectivity index (χ4v) is 4.82. The third-order valence-electron chi connectivity index (χ3n) is 7.25. The lowest BCUT2D eigenvalue weighted by Crippen LogP contribution is -2.46. The van der Waals surface area contributed by atoms with E-state index in [1.54, 1.807) is 12.0 Å². The molecule has 1 aliphatic rings. The smallest absolute Gasteiger partial charge is 0.237 e. The van der Waals surface area contributed by atoms with Gasteiger partial charge in [-0.15, -0.1) is 0 Å². The molecule has 0 saturated carbocycles. The predicted octanol–water partition coefficient (Wildman–Crippen LogP) is 5.43. The van der Waals surface area contributed by atoms with Crippen LogP contribution in [0.25, 0.3) is 10.9 Å². The summed E-state index contributed by atoms with van der Waals surface area (Å²) >= 11 is 0. The van der Waals surface area contributed by atoms with Gasteiger partial charge in [-0.05, 0) is 67.6 Å². The van der Waals surface area contributed by atoms with E-state index in [1.165, 1.54) is 16.5 Å². The number of amidine groups is 2. The Labute approximate surface area is 242 Å². The number of fused-ring (bicyclic) bond motifs is 1. The van der Waals surface area contributed by atoms with Crippen molar-refractivity contribution >= 4 is 28.5 Å². The zero-order valence-electron chi connectivity index (χ0n) is 23.9. The van der Waals surface area contributed by atoms with Crippen molar-refractivity contribution in [1.29, 1.82) is 10.8 Å². The van der Waals surface area contributed by atoms with Crippen LogP contribution in [0.15, 0.2) is 85.1 Å². The van der Waals surface area contributed by atoms with Gasteiger partial charge in [-0.25, -0.2) is 0 Å². The van der Waals surface area contributed by atoms with Gasteiger partial charge in [0.2, 0.25) is 5.91 Å². The number of amides is 1. The van der Waals surface area contributed by atoms with Gasteiger partial charge in [0.25, 0.3) is 0 Å². The number of methoxy groups -OCH3 is 1. The van der Waals surface area contributed by atoms with Crippen LogP contribution in [0.5, 0.6) is 5.75 Å². The second kappa shape index (κ2) is 14.8. The van der Waals surface area contributed by atoms with Crippen LogP contribution < -0.4 is 15.4 Å². The maximum absolute atomic E-state index is 12.3. The van der Waals surface area contributed by atoms with E-state index in [2.05, 4.69) is 40.7 Å². The highest BCUT2D eigenvalue weighted by molar-refractivity contribution is 6.00. The van der Waals surface area contributed by atoms with Crippen LogP contribution in [0.4, 0.5) is 0 Å². The molecular weight excluding hydrogens is 512 g/mol. The third kappa shape index (κ3) is 8.53. The Bertz CT molecular complexity index is 1430. The topological polar surface area (TPSA) is 117 Å². The van der Waals surface area contributed by atoms with Crippen molar-refractivity contribution in [2.75, 3.05) is 20.2 Å². The molecule has 214 valence electrons. The molecule has 3 aromatic carbocycles. The minimum atomic E-state index is -0.180. The average molecular weight is 553 g/mol. The fourth-order valence-electron chi connectivity index (χ4n) is 4.82. The van der Waals surface area contributed by atoms with E-state index in [-0.39, 0.29) is 24.3 Å². The number of carbonyl (C=O) groups is 1. The van der Waals surface area contributed by atoms with Gasteiger partial charge in [0.15, 0.2) is 0 Å². The van der Waals surface area contributed by atoms with Crippen molar-refractivity contribution in [1.82, 2.24) is 20.5 Å². The summed E-state index contributed by atoms with van der Waals surface area (Å²) in [7, 11) is 1.62. The summed E-state index contributed by atoms with van der Waals surface area (Å²) < 4.78 is 5.22. The summed E-state index contributed by atoms with van der Waals surface area (Å²) in [6.45, 7) is 3.46. The number of para-hydroxylation sites is 1. The molecule has 0 radical (unpaired) electrons. The number of hydrogen-bond acceptors (Lipinski definition) is 5. The SMILES string of the molecule is COc1ccc(CN(C(=N)CCc2ccccc2)C(=N)CNC(=O)C2CCCN2)cc1.Cc1c[nH]c2ccccc12. The molecule has 0 bridgehead atoms. The molecule has 8 nitrogen and oxygen atoms in total. The Morgan fingerprint density at radius 3 is 2.39 bits per heavy atom. The maximum atomic E-state index is 12.3. The van der Waals surface area contributed by atoms with Gasteiger partial charge in [0, 0.05) is 23.5 Å². The summed E-state index contributed by atoms with van der Waals surface area (Å²) in [4.78, 5) is 17.2. The summed E-state index contributed by atoms with van der Waals surface area (Å²) in [5, 5.41) is 24.6. The van der Waals surface area contributed by atoms with Crippen molar-refractivity contribution in [3.05, 3.63) is 102 Å². The number of hydrogen-bond donors (Lipinski definition) is 5. The molecule has 5 N–H and O–H groups in total. The van der Waals surface area contributed by atoms with Crippen molar-refractivity contribution in [2.24, 2.45) is 0 Å². The van der Waals surface area contributed by atoms with Crippen LogP contribution in [0.1, 0.15) is 36.0 Å². The highest BCUT2D eigenvalue weighted by atomic mass is 16.5. The quantitative estimate of drug-likeness (QED) is 0.141. The van der Waals surface area contributed by atoms with Gasteiger partial charge in [0.1, 0.15) is 17.4 Å². The number of carbonyl (C=O) groups excluding carboxylic acids is 1. The van der Waals surface area contributed by atoms with E-state index < -0.39 is 0 Å². The van der Waals surface area contributed by atoms with Gasteiger partial charge in [-0.1, -0.05) is 60.7 Å². The zero-order valence-corrected chi connectivity index (χ0v) is 23.9. The number of nitrogens with zero attached hydrogens (tertiary/aromatic N) is 1. The standard InChI is InChI=1S/C24H31N5O2.C9H9N/c1-31-20-12-9-19(10-13-20)17-29(22(25)14-11-18-6-3-2-4-7-18)23(26)16-28-24(30)21-8-5-15-27-21;1-7-6-10-9-5-3-2-4-8(7)9/h2-4,6-7,9-10,12-13,21,25-27H,5,8,11,14-17H2,1H3,(H,28,30);2-6,10H,1H3. The molecule has 1 fully saturated rings. The van der Waals surface area contributed by atoms with Crippen LogP contribution in [-0.4, -0.2) is 53.7 Å². The van der Waals surface area contributed by atoms with Crippen LogP contribution in [0, 0.1) is 17.7 Å². The number of rotatable bonds is 9. The van der Waals surface area contributed by atoms with Crippen molar-refractivity contribution in [3.63, 3.8) is 0 Å². The van der Waals surface area contributed by atoms with Gasteiger partial charge >= 0.3 is 0 Å². The summed E-state index contributed by atoms with van der Waals surface area (Å²) in [6.07, 6.45) is 5.08. The Morgan fingerprint density at radius 1 is 0.976 bits per heavy atom. The van der Waals surface area contributed by atoms with Crippen molar-refractivity contribution < 1.29 is 9.53 Å². The Hall–Kier alpha value is -4.43. The minimum Gasteiger partial charge on any atom is -0.497 e. The molecule has 1 aromatic heterocycles. The first-order chi connectivity index (χ1) is 19.9. The first-order valence-corrected chi connectivity index (χ1v) is 14.1. The van der Waals surface area contributed by atoms with Crippen LogP contribution in [0.3, 0.4) is 0 Å². The van der Waals surface area contributed by atoms with Gasteiger partial charge in [-0.3, -0.25) is 15.6 Å². The van der Waals surface area contributed by atoms with E-state index in [0.29, 0.717) is 18.8 Å². The van der Waals surface area contributed by atoms with E-state index in [9.17, 15) is 4.79 Å². The lowest BCUT2D eigenvalue weighted by atomic mass is 10.1. The van der Waals surface area contributed by atoms with E-state index in [1.807, 2.05) is 66.9 Å². The number of nitrogens with one attached hydrogen (secondary N) is 5. The molecule has 1 unspecified atom stereocenters. The Kier molecular flexibility index (Phi) is 10.7. The summed E-state index contributed by atoms with van der Waals surface area (Å²) in [6, 6.07) is 25.8. The second-order valence-corrected chi connectivity index (χ2v) is 10.2. The summed E-state index contributed by atoms with van der Waals surface area (Å²) in [5.41, 5.74) is 4.66. The van der Waals surface area contributed by atoms with Crippen molar-refractivity contribution in [3.8, 4) is 5.75 Å². The molecule has 5 rings (SSSR count). The van der Waals surface area contributed by atoms with Gasteiger partial charge in [0.05, 0.1) is 26.2 Å². The zero-order chi connectivity index (χ0) is 29.0. The fraction of sp³-hybridized carbons (Fsp3) is 0.303. The highest BCUT2D eigenvalue weighted by Gasteiger charge is 2.23. The van der Waals surface area contributed by atoms with Gasteiger partial charge in [-0.2, -0.15) is 0 Å².